The van der Waals surface area contributed by atoms with Gasteiger partial charge < -0.3 is 10.4 Å². The molecule has 0 saturated heterocycles. The summed E-state index contributed by atoms with van der Waals surface area (Å²) in [6, 6.07) is 0. The number of halogens is 3. The van der Waals surface area contributed by atoms with Gasteiger partial charge in [-0.05, 0) is 6.08 Å². The first-order chi connectivity index (χ1) is 6.34. The highest BCUT2D eigenvalue weighted by molar-refractivity contribution is 5.93. The number of allylic oxidation sites excluding steroid dienone is 2. The van der Waals surface area contributed by atoms with Crippen molar-refractivity contribution >= 4 is 5.97 Å². The fourth-order valence-corrected chi connectivity index (χ4v) is 1.02. The maximum absolute atomic E-state index is 12.3. The zero-order valence-corrected chi connectivity index (χ0v) is 6.85. The average molecular weight is 205 g/mol. The van der Waals surface area contributed by atoms with Crippen LogP contribution < -0.4 is 5.32 Å². The molecule has 0 amide bonds. The van der Waals surface area contributed by atoms with Crippen LogP contribution in [0.4, 0.5) is 13.2 Å². The van der Waals surface area contributed by atoms with E-state index in [2.05, 4.69) is 11.9 Å². The topological polar surface area (TPSA) is 49.3 Å². The van der Waals surface area contributed by atoms with E-state index in [1.165, 1.54) is 0 Å². The Bertz CT molecular complexity index is 352. The zero-order chi connectivity index (χ0) is 10.9. The zero-order valence-electron chi connectivity index (χ0n) is 6.85. The van der Waals surface area contributed by atoms with Crippen molar-refractivity contribution in [3.63, 3.8) is 0 Å². The van der Waals surface area contributed by atoms with E-state index in [1.807, 2.05) is 0 Å². The summed E-state index contributed by atoms with van der Waals surface area (Å²) < 4.78 is 36.9. The molecular weight excluding hydrogens is 199 g/mol. The fraction of sp³-hybridized carbons (Fsp3) is 0.125. The Labute approximate surface area is 77.2 Å². The van der Waals surface area contributed by atoms with Gasteiger partial charge in [0.15, 0.2) is 0 Å². The molecule has 1 heterocycles. The normalized spacial score (nSPS) is 16.9. The molecule has 2 N–H and O–H groups in total. The third kappa shape index (κ3) is 1.78. The fourth-order valence-electron chi connectivity index (χ4n) is 1.02. The molecule has 6 heteroatoms. The summed E-state index contributed by atoms with van der Waals surface area (Å²) in [6.07, 6.45) is -3.02. The number of rotatable bonds is 1. The molecule has 76 valence electrons. The second kappa shape index (κ2) is 3.21. The van der Waals surface area contributed by atoms with Crippen LogP contribution in [0, 0.1) is 0 Å². The molecular formula is C8H6F3NO2. The van der Waals surface area contributed by atoms with Gasteiger partial charge in [-0.1, -0.05) is 6.58 Å². The first-order valence-corrected chi connectivity index (χ1v) is 3.51. The van der Waals surface area contributed by atoms with Crippen LogP contribution in [-0.2, 0) is 4.79 Å². The molecule has 0 bridgehead atoms. The number of hydrogen-bond donors (Lipinski definition) is 2. The first-order valence-electron chi connectivity index (χ1n) is 3.51. The molecule has 14 heavy (non-hydrogen) atoms. The van der Waals surface area contributed by atoms with Gasteiger partial charge in [0.1, 0.15) is 0 Å². The summed E-state index contributed by atoms with van der Waals surface area (Å²) in [5.74, 6) is -1.65. The molecule has 1 aliphatic heterocycles. The maximum Gasteiger partial charge on any atom is 0.417 e. The highest BCUT2D eigenvalue weighted by Crippen LogP contribution is 2.32. The molecule has 0 aromatic carbocycles. The van der Waals surface area contributed by atoms with Crippen molar-refractivity contribution in [2.45, 2.75) is 6.18 Å². The van der Waals surface area contributed by atoms with Crippen LogP contribution in [0.5, 0.6) is 0 Å². The summed E-state index contributed by atoms with van der Waals surface area (Å²) in [5.41, 5.74) is -2.32. The molecule has 0 aromatic rings. The summed E-state index contributed by atoms with van der Waals surface area (Å²) in [5, 5.41) is 10.9. The lowest BCUT2D eigenvalue weighted by atomic mass is 10.0. The molecule has 0 fully saturated rings. The van der Waals surface area contributed by atoms with Gasteiger partial charge in [0, 0.05) is 11.9 Å². The number of dihydropyridines is 1. The van der Waals surface area contributed by atoms with Crippen molar-refractivity contribution in [1.29, 1.82) is 0 Å². The minimum absolute atomic E-state index is 0.271. The summed E-state index contributed by atoms with van der Waals surface area (Å²) in [6.45, 7) is 3.18. The van der Waals surface area contributed by atoms with E-state index in [0.29, 0.717) is 6.08 Å². The van der Waals surface area contributed by atoms with Crippen LogP contribution in [0.1, 0.15) is 0 Å². The van der Waals surface area contributed by atoms with E-state index >= 15 is 0 Å². The number of aliphatic carboxylic acids is 1. The number of carbonyl (C=O) groups is 1. The minimum Gasteiger partial charge on any atom is -0.478 e. The highest BCUT2D eigenvalue weighted by Gasteiger charge is 2.38. The number of carboxylic acid groups (broad SMARTS) is 1. The molecule has 1 aliphatic rings. The Kier molecular flexibility index (Phi) is 2.37. The van der Waals surface area contributed by atoms with E-state index in [4.69, 9.17) is 5.11 Å². The average Bonchev–Trinajstić information content (AvgIpc) is 2.01. The largest absolute Gasteiger partial charge is 0.478 e. The monoisotopic (exact) mass is 205 g/mol. The number of nitrogens with one attached hydrogen (secondary N) is 1. The van der Waals surface area contributed by atoms with Crippen molar-refractivity contribution < 1.29 is 23.1 Å². The summed E-state index contributed by atoms with van der Waals surface area (Å²) in [7, 11) is 0. The van der Waals surface area contributed by atoms with Gasteiger partial charge in [0.2, 0.25) is 0 Å². The quantitative estimate of drug-likeness (QED) is 0.682. The SMILES string of the molecule is C=C1NC=CC(C(F)(F)F)=C1C(=O)O. The van der Waals surface area contributed by atoms with Crippen LogP contribution >= 0.6 is 0 Å². The van der Waals surface area contributed by atoms with Crippen LogP contribution in [0.2, 0.25) is 0 Å². The van der Waals surface area contributed by atoms with Crippen molar-refractivity contribution in [1.82, 2.24) is 5.32 Å². The molecule has 0 atom stereocenters. The van der Waals surface area contributed by atoms with Gasteiger partial charge in [0.25, 0.3) is 0 Å². The maximum atomic E-state index is 12.3. The van der Waals surface area contributed by atoms with E-state index in [9.17, 15) is 18.0 Å². The van der Waals surface area contributed by atoms with E-state index in [0.717, 1.165) is 6.20 Å². The van der Waals surface area contributed by atoms with E-state index < -0.39 is 23.3 Å². The molecule has 1 rings (SSSR count). The van der Waals surface area contributed by atoms with Crippen molar-refractivity contribution in [3.8, 4) is 0 Å². The first kappa shape index (κ1) is 10.4. The Morgan fingerprint density at radius 1 is 1.50 bits per heavy atom. The van der Waals surface area contributed by atoms with Crippen LogP contribution in [-0.4, -0.2) is 17.3 Å². The van der Waals surface area contributed by atoms with Crippen LogP contribution in [0.15, 0.2) is 35.7 Å². The Hall–Kier alpha value is -1.72. The third-order valence-corrected chi connectivity index (χ3v) is 1.60. The smallest absolute Gasteiger partial charge is 0.417 e. The molecule has 0 aliphatic carbocycles. The lowest BCUT2D eigenvalue weighted by molar-refractivity contribution is -0.133. The minimum atomic E-state index is -4.69. The molecule has 0 radical (unpaired) electrons. The third-order valence-electron chi connectivity index (χ3n) is 1.60. The van der Waals surface area contributed by atoms with Gasteiger partial charge in [-0.3, -0.25) is 0 Å². The van der Waals surface area contributed by atoms with Crippen molar-refractivity contribution in [2.24, 2.45) is 0 Å². The van der Waals surface area contributed by atoms with Gasteiger partial charge in [-0.2, -0.15) is 13.2 Å². The van der Waals surface area contributed by atoms with Gasteiger partial charge in [-0.25, -0.2) is 4.79 Å². The van der Waals surface area contributed by atoms with Crippen LogP contribution in [0.3, 0.4) is 0 Å². The lowest BCUT2D eigenvalue weighted by Gasteiger charge is -2.17. The molecule has 0 spiro atoms. The summed E-state index contributed by atoms with van der Waals surface area (Å²) in [4.78, 5) is 10.5. The van der Waals surface area contributed by atoms with Gasteiger partial charge >= 0.3 is 12.1 Å². The second-order valence-electron chi connectivity index (χ2n) is 2.55. The van der Waals surface area contributed by atoms with Gasteiger partial charge in [0.05, 0.1) is 11.1 Å². The number of carboxylic acids is 1. The molecule has 0 aromatic heterocycles. The second-order valence-corrected chi connectivity index (χ2v) is 2.55. The lowest BCUT2D eigenvalue weighted by Crippen LogP contribution is -2.24. The molecule has 3 nitrogen and oxygen atoms in total. The predicted molar refractivity (Wildman–Crippen MR) is 42.1 cm³/mol. The Morgan fingerprint density at radius 2 is 2.07 bits per heavy atom. The van der Waals surface area contributed by atoms with E-state index in [-0.39, 0.29) is 5.70 Å². The van der Waals surface area contributed by atoms with Crippen molar-refractivity contribution in [3.05, 3.63) is 35.7 Å². The summed E-state index contributed by atoms with van der Waals surface area (Å²) >= 11 is 0. The van der Waals surface area contributed by atoms with Crippen LogP contribution in [0.25, 0.3) is 0 Å². The highest BCUT2D eigenvalue weighted by atomic mass is 19.4. The van der Waals surface area contributed by atoms with Crippen molar-refractivity contribution in [2.75, 3.05) is 0 Å². The molecule has 0 unspecified atom stereocenters. The molecule has 0 saturated carbocycles. The standard InChI is InChI=1S/C8H6F3NO2/c1-4-6(7(13)14)5(2-3-12-4)8(9,10)11/h2-3,12H,1H2,(H,13,14). The Balaban J connectivity index is 3.32. The number of alkyl halides is 3. The Morgan fingerprint density at radius 3 is 2.43 bits per heavy atom. The number of hydrogen-bond acceptors (Lipinski definition) is 2. The van der Waals surface area contributed by atoms with Gasteiger partial charge in [-0.15, -0.1) is 0 Å². The van der Waals surface area contributed by atoms with E-state index in [1.54, 1.807) is 0 Å². The predicted octanol–water partition coefficient (Wildman–Crippen LogP) is 1.56.